The van der Waals surface area contributed by atoms with Crippen LogP contribution in [0.1, 0.15) is 237 Å². The highest BCUT2D eigenvalue weighted by Gasteiger charge is 2.51. The number of ether oxygens (including phenoxy) is 2. The maximum absolute atomic E-state index is 13.0. The summed E-state index contributed by atoms with van der Waals surface area (Å²) >= 11 is 6.47. The Morgan fingerprint density at radius 1 is 1.20 bits per heavy atom. The van der Waals surface area contributed by atoms with Crippen LogP contribution in [0, 0.1) is 33.6 Å². The Balaban J connectivity index is -0.00000000310. The van der Waals surface area contributed by atoms with Gasteiger partial charge in [-0.15, -0.1) is 0 Å². The van der Waals surface area contributed by atoms with Gasteiger partial charge in [0.2, 0.25) is 0 Å². The van der Waals surface area contributed by atoms with Crippen LogP contribution in [0.15, 0.2) is 18.2 Å². The van der Waals surface area contributed by atoms with Crippen LogP contribution in [0.5, 0.6) is 5.75 Å². The van der Waals surface area contributed by atoms with E-state index in [1.807, 2.05) is 46.8 Å². The molecule has 2 aromatic rings. The molecule has 0 fully saturated rings. The molecule has 0 spiro atoms. The third kappa shape index (κ3) is 6.19. The topological polar surface area (TPSA) is 59.0 Å². The molecule has 0 amide bonds. The second kappa shape index (κ2) is 11.9. The summed E-state index contributed by atoms with van der Waals surface area (Å²) in [5, 5.41) is 12.5. The van der Waals surface area contributed by atoms with Gasteiger partial charge < -0.3 is 14.6 Å². The number of β-amino-alcohol motifs (C(OH)–C–C–N with tert-alkyl or cyclic N) is 1. The molecule has 404 valence electrons. The fourth-order valence-corrected chi connectivity index (χ4v) is 7.01. The summed E-state index contributed by atoms with van der Waals surface area (Å²) in [4.78, 5) is 15.3. The van der Waals surface area contributed by atoms with Crippen LogP contribution in [0.4, 0.5) is 0 Å². The fraction of sp³-hybridized carbons (Fsp3) is 0.629. The third-order valence-corrected chi connectivity index (χ3v) is 10.2. The van der Waals surface area contributed by atoms with Gasteiger partial charge in [-0.1, -0.05) is 51.4 Å². The summed E-state index contributed by atoms with van der Waals surface area (Å²) in [6.07, 6.45) is -0.909. The molecule has 1 N–H and O–H groups in total. The zero-order valence-electron chi connectivity index (χ0n) is 39.4. The van der Waals surface area contributed by atoms with E-state index >= 15 is 0 Å². The average molecular weight is 776 g/mol. The molecule has 4 atom stereocenters. The summed E-state index contributed by atoms with van der Waals surface area (Å²) in [6.45, 7) is 23.2. The molecule has 1 aliphatic rings. The van der Waals surface area contributed by atoms with Crippen molar-refractivity contribution in [1.82, 2.24) is 4.90 Å². The number of halogens is 1. The molecule has 1 aliphatic carbocycles. The number of carbonyl (C=O) groups excluding carboxylic acids is 1. The number of hydrogen-bond donors (Lipinski definition) is 1. The smallest absolute Gasteiger partial charge is 0.347 e. The number of aliphatic hydroxyl groups is 1. The van der Waals surface area contributed by atoms with Crippen molar-refractivity contribution in [3.63, 3.8) is 0 Å². The van der Waals surface area contributed by atoms with Crippen molar-refractivity contribution in [3.05, 3.63) is 62.2 Å². The third-order valence-electron chi connectivity index (χ3n) is 9.76. The van der Waals surface area contributed by atoms with Gasteiger partial charge in [-0.05, 0) is 126 Å². The summed E-state index contributed by atoms with van der Waals surface area (Å²) < 4.78 is 78.2. The van der Waals surface area contributed by atoms with E-state index in [1.165, 1.54) is 18.1 Å². The minimum atomic E-state index is -1.72. The Hall–Kier alpha value is -2.08. The first-order chi connectivity index (χ1) is 24.4. The molecular weight excluding hydrogens is 534 g/mol. The zero-order chi connectivity index (χ0) is 43.1. The number of likely N-dealkylation sites (N-methyl/N-ethyl adjacent to an activating group) is 1. The molecule has 3 rings (SSSR count). The van der Waals surface area contributed by atoms with Crippen molar-refractivity contribution in [1.29, 1.82) is 0 Å². The van der Waals surface area contributed by atoms with Crippen molar-refractivity contribution in [3.8, 4) is 5.75 Å². The van der Waals surface area contributed by atoms with E-state index in [1.54, 1.807) is 20.8 Å². The minimum Gasteiger partial charge on any atom is -0.478 e. The van der Waals surface area contributed by atoms with Crippen LogP contribution in [0.25, 0.3) is 0 Å². The first kappa shape index (κ1) is 24.4. The molecular formula is C35H228ClNO4. The summed E-state index contributed by atoms with van der Waals surface area (Å²) in [6, 6.07) is 6.00. The van der Waals surface area contributed by atoms with Crippen LogP contribution < -0.4 is 4.74 Å². The van der Waals surface area contributed by atoms with Crippen LogP contribution in [0.2, 0.25) is 5.02 Å². The van der Waals surface area contributed by atoms with Gasteiger partial charge in [0.15, 0.2) is 6.10 Å². The summed E-state index contributed by atoms with van der Waals surface area (Å²) in [5.41, 5.74) is 5.34. The van der Waals surface area contributed by atoms with Crippen molar-refractivity contribution >= 4 is 17.6 Å². The highest BCUT2D eigenvalue weighted by molar-refractivity contribution is 6.31. The lowest BCUT2D eigenvalue weighted by molar-refractivity contribution is -0.157. The second-order valence-electron chi connectivity index (χ2n) is 13.3. The SMILES string of the molecule is [2H]C(C)(C)C([2H])(C)OC(=O)C(C)Oc1c(C)cc2c(c1C)C(C)(C)[C@@](C)(N(C)C[C@](C)(O)c1c(C)ccc(Cl)c1C)CC2.[2H][2H].[2H][2H].[2H][2H].[2H][2H].[2H][2H].[HH].[HH].[HH].[HH].[HH].[HH].[HH].[HH].[HH].[HH].[HH].[HH].[HH].[HH].[HH].[HH].[HH].[HH].[HH].[HH].[HH].[HH].[HH].[HH].[HH].[HH].[HH].[HH].[HH].[HH].[HH].[HH].[HH].[HH].[HH].[HH].[HH].[HH].[HH].[HH].[HH].[HH].[HH].[HH].[HH].[HH].[HH].[HH].[HH].[HH].[HH].[HH].[HH].[HH].[HH].[HH].[HH].[HH].[HH].[HH].[HH].[HH].[HH].[HH].[HH].[HH].[HH].[HH].[HH].[HH].[HH].[HH].[HH].[HH].[HH].[HH].[HH].[HH].[HH].[HH].[HH].[HH].[HH]. The van der Waals surface area contributed by atoms with Crippen LogP contribution in [-0.2, 0) is 27.0 Å². The Kier molecular flexibility index (Phi) is 7.07. The molecule has 0 heterocycles. The number of benzene rings is 2. The Bertz CT molecular complexity index is 1500. The number of aryl methyl sites for hydroxylation is 3. The van der Waals surface area contributed by atoms with Crippen molar-refractivity contribution in [2.45, 2.75) is 125 Å². The number of fused-ring (bicyclic) bond motifs is 1. The average Bonchev–Trinajstić information content (AvgIpc) is 3.09. The lowest BCUT2D eigenvalue weighted by Gasteiger charge is -2.56. The van der Waals surface area contributed by atoms with E-state index in [2.05, 4.69) is 38.8 Å². The number of carbonyl (C=O) groups is 1. The molecule has 6 heteroatoms. The van der Waals surface area contributed by atoms with Gasteiger partial charge in [0.05, 0.1) is 1.37 Å². The predicted octanol–water partition coefficient (Wildman–Crippen LogP) is 29.4. The van der Waals surface area contributed by atoms with Gasteiger partial charge in [-0.25, -0.2) is 4.79 Å². The van der Waals surface area contributed by atoms with E-state index in [4.69, 9.17) is 38.7 Å². The lowest BCUT2D eigenvalue weighted by Crippen LogP contribution is -2.61. The summed E-state index contributed by atoms with van der Waals surface area (Å²) in [5.74, 6) is -1.33. The van der Waals surface area contributed by atoms with E-state index < -0.39 is 29.6 Å². The highest BCUT2D eigenvalue weighted by atomic mass is 35.5. The molecule has 0 saturated heterocycles. The van der Waals surface area contributed by atoms with Crippen LogP contribution >= 0.6 is 11.6 Å². The molecule has 0 saturated carbocycles. The largest absolute Gasteiger partial charge is 0.478 e. The molecule has 0 aliphatic heterocycles. The molecule has 41 heavy (non-hydrogen) atoms. The van der Waals surface area contributed by atoms with Crippen molar-refractivity contribution < 1.29 is 155 Å². The molecule has 2 unspecified atom stereocenters. The van der Waals surface area contributed by atoms with Gasteiger partial charge in [0.1, 0.15) is 17.4 Å². The van der Waals surface area contributed by atoms with Crippen molar-refractivity contribution in [2.24, 2.45) is 5.89 Å². The lowest BCUT2D eigenvalue weighted by atomic mass is 9.59. The van der Waals surface area contributed by atoms with E-state index in [0.717, 1.165) is 40.7 Å². The maximum atomic E-state index is 13.0. The standard InChI is InChI=1S/C35H52ClNO4.88H2/c1-20(2)25(7)41-32(38)26(8)40-31-22(4)18-27-16-17-35(12,33(9,10)30(27)24(31)6)37(13)19-34(11,39)29-21(3)14-15-28(36)23(29)5;;;;;;;;;;;;;;;;;;;;;;;;;;;;;;;;;;;;;;;;;;;;;;;;;;;;;;;;;;;;;;;;;;;;;;;;;;;;;;;;;;;;;;;;/h14-15,18,20,25-26,39H,16-17,19H2,1-13H3;88*1H/t25?,26?,34-,35-;;;;;;;;;;;;;;;;;;;;;;;;;;;;;;;;;;;;;;;;;;;;;;;;;;;;;;;;;;;;;;;;;;;;;;;;;;;;;;;;;;;;;;;;/m0......................................................................................../s1/i20D,25D;5*1+1D;;;;;;;;;;;;;;;;;;;;;;;;;;;;;;;;;;;;;;;;;;;;;;;;;;;;;;;;;;;;;;;;;;;;;;;;;;;;;;;;;;;. The highest BCUT2D eigenvalue weighted by Crippen LogP contribution is 2.51. The molecule has 5 nitrogen and oxygen atoms in total. The van der Waals surface area contributed by atoms with Gasteiger partial charge in [0, 0.05) is 157 Å². The number of hydrogen-bond acceptors (Lipinski definition) is 5. The number of rotatable bonds is 9. The van der Waals surface area contributed by atoms with E-state index in [9.17, 15) is 9.90 Å². The molecule has 0 radical (unpaired) electrons. The fourth-order valence-electron chi connectivity index (χ4n) is 6.85. The van der Waals surface area contributed by atoms with Gasteiger partial charge in [-0.3, -0.25) is 4.90 Å². The second-order valence-corrected chi connectivity index (χ2v) is 13.7. The first-order valence-corrected chi connectivity index (χ1v) is 15.0. The van der Waals surface area contributed by atoms with Gasteiger partial charge >= 0.3 is 5.97 Å². The molecule has 0 aromatic heterocycles. The minimum absolute atomic E-state index is 0. The first-order valence-electron chi connectivity index (χ1n) is 20.6. The predicted molar refractivity (Wildman–Crippen MR) is 355 cm³/mol. The number of nitrogens with zero attached hydrogens (tertiary/aromatic N) is 1. The molecule has 0 bridgehead atoms. The Morgan fingerprint density at radius 2 is 1.80 bits per heavy atom. The van der Waals surface area contributed by atoms with Gasteiger partial charge in [-0.2, -0.15) is 0 Å². The van der Waals surface area contributed by atoms with E-state index in [0.29, 0.717) is 17.3 Å². The Labute approximate surface area is 395 Å². The van der Waals surface area contributed by atoms with E-state index in [-0.39, 0.29) is 129 Å². The zero-order valence-corrected chi connectivity index (χ0v) is 28.2. The quantitative estimate of drug-likeness (QED) is 0.257. The maximum Gasteiger partial charge on any atom is 0.347 e. The van der Waals surface area contributed by atoms with Crippen LogP contribution in [-0.4, -0.2) is 47.3 Å². The monoisotopic (exact) mass is 775 g/mol. The van der Waals surface area contributed by atoms with Crippen molar-refractivity contribution in [2.75, 3.05) is 13.6 Å². The number of esters is 1. The van der Waals surface area contributed by atoms with Crippen LogP contribution in [0.3, 0.4) is 0 Å². The normalized spacial score (nSPS) is 24.0. The molecule has 2 aromatic carbocycles. The van der Waals surface area contributed by atoms with Gasteiger partial charge in [0.25, 0.3) is 0 Å². The summed E-state index contributed by atoms with van der Waals surface area (Å²) in [7, 11) is 2.08. The Morgan fingerprint density at radius 3 is 2.39 bits per heavy atom.